The van der Waals surface area contributed by atoms with E-state index < -0.39 is 11.8 Å². The molecule has 0 spiro atoms. The Balaban J connectivity index is 1.78. The first-order chi connectivity index (χ1) is 15.1. The Kier molecular flexibility index (Phi) is 6.47. The van der Waals surface area contributed by atoms with Gasteiger partial charge in [-0.1, -0.05) is 48.5 Å². The smallest absolute Gasteiger partial charge is 0.347 e. The Hall–Kier alpha value is -2.99. The highest BCUT2D eigenvalue weighted by molar-refractivity contribution is 9.10. The van der Waals surface area contributed by atoms with Crippen LogP contribution in [0.4, 0.5) is 4.39 Å². The van der Waals surface area contributed by atoms with Gasteiger partial charge in [-0.25, -0.2) is 9.18 Å². The van der Waals surface area contributed by atoms with E-state index in [4.69, 9.17) is 9.47 Å². The lowest BCUT2D eigenvalue weighted by Crippen LogP contribution is -2.17. The van der Waals surface area contributed by atoms with Crippen molar-refractivity contribution in [3.8, 4) is 11.5 Å². The van der Waals surface area contributed by atoms with E-state index in [0.717, 1.165) is 12.0 Å². The molecule has 0 radical (unpaired) electrons. The van der Waals surface area contributed by atoms with E-state index in [1.54, 1.807) is 31.2 Å². The van der Waals surface area contributed by atoms with E-state index in [9.17, 15) is 4.79 Å². The highest BCUT2D eigenvalue weighted by atomic mass is 79.9. The third-order valence-electron chi connectivity index (χ3n) is 5.12. The predicted molar refractivity (Wildman–Crippen MR) is 122 cm³/mol. The Morgan fingerprint density at radius 1 is 1.10 bits per heavy atom. The zero-order chi connectivity index (χ0) is 21.8. The summed E-state index contributed by atoms with van der Waals surface area (Å²) in [6.45, 7) is 2.46. The molecule has 3 aromatic rings. The van der Waals surface area contributed by atoms with Gasteiger partial charge in [-0.2, -0.15) is 0 Å². The van der Waals surface area contributed by atoms with E-state index in [-0.39, 0.29) is 23.5 Å². The zero-order valence-corrected chi connectivity index (χ0v) is 18.6. The minimum Gasteiger partial charge on any atom is -0.487 e. The van der Waals surface area contributed by atoms with Gasteiger partial charge in [0.2, 0.25) is 0 Å². The average molecular weight is 482 g/mol. The number of aliphatic imine (C=N–C) groups is 1. The summed E-state index contributed by atoms with van der Waals surface area (Å²) in [5.41, 5.74) is 2.20. The summed E-state index contributed by atoms with van der Waals surface area (Å²) in [4.78, 5) is 17.5. The fraction of sp³-hybridized carbons (Fsp3) is 0.200. The van der Waals surface area contributed by atoms with Gasteiger partial charge in [0.05, 0.1) is 4.47 Å². The second kappa shape index (κ2) is 9.43. The average Bonchev–Trinajstić information content (AvgIpc) is 3.31. The molecule has 0 aliphatic carbocycles. The van der Waals surface area contributed by atoms with Gasteiger partial charge in [-0.15, -0.1) is 0 Å². The van der Waals surface area contributed by atoms with Crippen LogP contribution in [0.25, 0.3) is 0 Å². The number of ether oxygens (including phenoxy) is 2. The molecule has 0 saturated heterocycles. The summed E-state index contributed by atoms with van der Waals surface area (Å²) in [5.74, 6) is -0.527. The van der Waals surface area contributed by atoms with Crippen molar-refractivity contribution >= 4 is 27.6 Å². The van der Waals surface area contributed by atoms with Crippen LogP contribution < -0.4 is 9.47 Å². The molecule has 3 aromatic carbocycles. The van der Waals surface area contributed by atoms with E-state index in [1.807, 2.05) is 36.4 Å². The number of hydrogen-bond donors (Lipinski definition) is 0. The van der Waals surface area contributed by atoms with E-state index >= 15 is 4.39 Å². The van der Waals surface area contributed by atoms with Crippen molar-refractivity contribution in [2.24, 2.45) is 4.99 Å². The van der Waals surface area contributed by atoms with Crippen LogP contribution in [-0.4, -0.2) is 18.2 Å². The van der Waals surface area contributed by atoms with Crippen LogP contribution in [0.15, 0.2) is 70.1 Å². The molecular formula is C25H21BrFNO3. The minimum atomic E-state index is -0.675. The summed E-state index contributed by atoms with van der Waals surface area (Å²) >= 11 is 3.50. The molecule has 4 rings (SSSR count). The number of hydrogen-bond acceptors (Lipinski definition) is 4. The van der Waals surface area contributed by atoms with Gasteiger partial charge in [-0.3, -0.25) is 4.99 Å². The summed E-state index contributed by atoms with van der Waals surface area (Å²) < 4.78 is 27.4. The van der Waals surface area contributed by atoms with Crippen molar-refractivity contribution in [1.29, 1.82) is 0 Å². The van der Waals surface area contributed by atoms with Gasteiger partial charge in [-0.05, 0) is 53.4 Å². The first kappa shape index (κ1) is 21.2. The van der Waals surface area contributed by atoms with Gasteiger partial charge in [0.1, 0.15) is 29.5 Å². The number of nitrogens with zero attached hydrogens (tertiary/aromatic N) is 1. The third-order valence-corrected chi connectivity index (χ3v) is 5.87. The van der Waals surface area contributed by atoms with Crippen molar-refractivity contribution in [3.05, 3.63) is 93.2 Å². The van der Waals surface area contributed by atoms with Gasteiger partial charge in [0.25, 0.3) is 0 Å². The van der Waals surface area contributed by atoms with Crippen LogP contribution in [0, 0.1) is 12.7 Å². The van der Waals surface area contributed by atoms with E-state index in [1.165, 1.54) is 0 Å². The van der Waals surface area contributed by atoms with E-state index in [2.05, 4.69) is 20.9 Å². The lowest BCUT2D eigenvalue weighted by Gasteiger charge is -2.19. The number of para-hydroxylation sites is 1. The molecule has 1 heterocycles. The predicted octanol–water partition coefficient (Wildman–Crippen LogP) is 6.28. The Bertz CT molecular complexity index is 1130. The van der Waals surface area contributed by atoms with Gasteiger partial charge in [0.15, 0.2) is 0 Å². The summed E-state index contributed by atoms with van der Waals surface area (Å²) in [5, 5.41) is 0. The van der Waals surface area contributed by atoms with Crippen LogP contribution in [0.1, 0.15) is 39.9 Å². The summed E-state index contributed by atoms with van der Waals surface area (Å²) in [6, 6.07) is 18.3. The molecule has 0 N–H and O–H groups in total. The second-order valence-corrected chi connectivity index (χ2v) is 8.03. The standard InChI is InChI=1S/C25H21BrFNO3/c1-16-20(25(29)31-18-11-6-3-7-12-18)24(30-15-17-9-4-2-5-10-17)22(26)21(23(16)27)19-13-8-14-28-19/h2-7,9-12H,8,13-15H2,1H3. The molecule has 31 heavy (non-hydrogen) atoms. The largest absolute Gasteiger partial charge is 0.487 e. The van der Waals surface area contributed by atoms with Crippen molar-refractivity contribution in [2.75, 3.05) is 6.54 Å². The van der Waals surface area contributed by atoms with Crippen LogP contribution in [0.5, 0.6) is 11.5 Å². The topological polar surface area (TPSA) is 47.9 Å². The van der Waals surface area contributed by atoms with Crippen molar-refractivity contribution in [3.63, 3.8) is 0 Å². The Labute approximate surface area is 188 Å². The van der Waals surface area contributed by atoms with Crippen molar-refractivity contribution in [1.82, 2.24) is 0 Å². The summed E-state index contributed by atoms with van der Waals surface area (Å²) in [6.07, 6.45) is 1.55. The molecule has 4 nitrogen and oxygen atoms in total. The van der Waals surface area contributed by atoms with Gasteiger partial charge < -0.3 is 9.47 Å². The van der Waals surface area contributed by atoms with Crippen molar-refractivity contribution < 1.29 is 18.7 Å². The Morgan fingerprint density at radius 2 is 1.77 bits per heavy atom. The first-order valence-electron chi connectivity index (χ1n) is 10.1. The zero-order valence-electron chi connectivity index (χ0n) is 17.0. The van der Waals surface area contributed by atoms with Gasteiger partial charge in [0, 0.05) is 23.4 Å². The highest BCUT2D eigenvalue weighted by Gasteiger charge is 2.30. The molecule has 0 bridgehead atoms. The lowest BCUT2D eigenvalue weighted by atomic mass is 9.98. The number of benzene rings is 3. The molecule has 1 aliphatic rings. The number of esters is 1. The lowest BCUT2D eigenvalue weighted by molar-refractivity contribution is 0.0728. The fourth-order valence-corrected chi connectivity index (χ4v) is 4.26. The second-order valence-electron chi connectivity index (χ2n) is 7.24. The van der Waals surface area contributed by atoms with Crippen LogP contribution in [-0.2, 0) is 6.61 Å². The monoisotopic (exact) mass is 481 g/mol. The van der Waals surface area contributed by atoms with Crippen LogP contribution in [0.2, 0.25) is 0 Å². The molecule has 0 saturated carbocycles. The van der Waals surface area contributed by atoms with Crippen molar-refractivity contribution in [2.45, 2.75) is 26.4 Å². The maximum Gasteiger partial charge on any atom is 0.347 e. The fourth-order valence-electron chi connectivity index (χ4n) is 3.54. The molecule has 6 heteroatoms. The minimum absolute atomic E-state index is 0.0616. The molecule has 1 aliphatic heterocycles. The SMILES string of the molecule is Cc1c(F)c(C2=NCCC2)c(Br)c(OCc2ccccc2)c1C(=O)Oc1ccccc1. The molecule has 0 aromatic heterocycles. The third kappa shape index (κ3) is 4.54. The molecule has 158 valence electrons. The number of carbonyl (C=O) groups is 1. The molecular weight excluding hydrogens is 461 g/mol. The number of carbonyl (C=O) groups excluding carboxylic acids is 1. The number of halogens is 2. The molecule has 0 amide bonds. The highest BCUT2D eigenvalue weighted by Crippen LogP contribution is 2.40. The number of rotatable bonds is 6. The van der Waals surface area contributed by atoms with Gasteiger partial charge >= 0.3 is 5.97 Å². The normalized spacial score (nSPS) is 13.1. The van der Waals surface area contributed by atoms with Crippen LogP contribution >= 0.6 is 15.9 Å². The quantitative estimate of drug-likeness (QED) is 0.307. The van der Waals surface area contributed by atoms with Crippen LogP contribution in [0.3, 0.4) is 0 Å². The maximum atomic E-state index is 15.4. The first-order valence-corrected chi connectivity index (χ1v) is 10.8. The molecule has 0 fully saturated rings. The van der Waals surface area contributed by atoms with E-state index in [0.29, 0.717) is 34.5 Å². The maximum absolute atomic E-state index is 15.4. The molecule has 0 unspecified atom stereocenters. The molecule has 0 atom stereocenters. The Morgan fingerprint density at radius 3 is 2.42 bits per heavy atom. The summed E-state index contributed by atoms with van der Waals surface area (Å²) in [7, 11) is 0.